The fourth-order valence-electron chi connectivity index (χ4n) is 4.31. The highest BCUT2D eigenvalue weighted by molar-refractivity contribution is 6.08. The number of pyridine rings is 1. The molecule has 1 aliphatic heterocycles. The molecule has 7 heteroatoms. The Morgan fingerprint density at radius 2 is 2.00 bits per heavy atom. The second kappa shape index (κ2) is 12.0. The number of benzene rings is 3. The molecule has 1 amide bonds. The molecule has 0 atom stereocenters. The zero-order valence-corrected chi connectivity index (χ0v) is 21.4. The van der Waals surface area contributed by atoms with Gasteiger partial charge in [-0.2, -0.15) is 0 Å². The van der Waals surface area contributed by atoms with Crippen LogP contribution in [0.2, 0.25) is 0 Å². The summed E-state index contributed by atoms with van der Waals surface area (Å²) in [5.41, 5.74) is 8.55. The number of carbonyl (C=O) groups excluding carboxylic acids is 1. The van der Waals surface area contributed by atoms with E-state index < -0.39 is 0 Å². The molecule has 0 saturated carbocycles. The number of hydrogen-bond donors (Lipinski definition) is 2. The van der Waals surface area contributed by atoms with Crippen LogP contribution in [-0.4, -0.2) is 30.4 Å². The minimum absolute atomic E-state index is 0.258. The lowest BCUT2D eigenvalue weighted by Crippen LogP contribution is -2.27. The number of halogens is 1. The molecule has 1 aliphatic rings. The molecule has 0 unspecified atom stereocenters. The standard InChI is InChI=1S/C32H27FN4O2/c1-39-26-15-14-23-8-5-13-29(24-9-6-17-34-21-24)36-31(28(23)20-26)37-30-12-3-2-11-27(30)32(38)35-18-16-22-7-4-10-25(33)19-22/h2-7,9-12,14-15,17,19-21H,8,16,18H2,1H3,(H,35,38)(H,36,37). The number of nitrogens with zero attached hydrogens (tertiary/aromatic N) is 2. The molecule has 39 heavy (non-hydrogen) atoms. The molecule has 2 heterocycles. The summed E-state index contributed by atoms with van der Waals surface area (Å²) < 4.78 is 19.0. The number of ether oxygens (including phenoxy) is 1. The maximum absolute atomic E-state index is 13.5. The van der Waals surface area contributed by atoms with Crippen LogP contribution in [0, 0.1) is 5.82 Å². The van der Waals surface area contributed by atoms with Gasteiger partial charge >= 0.3 is 0 Å². The maximum atomic E-state index is 13.5. The zero-order valence-electron chi connectivity index (χ0n) is 21.4. The first kappa shape index (κ1) is 25.6. The van der Waals surface area contributed by atoms with Gasteiger partial charge < -0.3 is 15.4 Å². The molecule has 4 aromatic rings. The summed E-state index contributed by atoms with van der Waals surface area (Å²) in [4.78, 5) is 22.4. The number of hydrogen-bond acceptors (Lipinski definition) is 4. The Bertz CT molecular complexity index is 1590. The van der Waals surface area contributed by atoms with E-state index in [0.717, 1.165) is 22.3 Å². The van der Waals surface area contributed by atoms with Gasteiger partial charge in [0.15, 0.2) is 0 Å². The number of fused-ring (bicyclic) bond motifs is 1. The maximum Gasteiger partial charge on any atom is 0.253 e. The molecule has 0 aliphatic carbocycles. The van der Waals surface area contributed by atoms with E-state index in [4.69, 9.17) is 9.73 Å². The van der Waals surface area contributed by atoms with Crippen LogP contribution >= 0.6 is 0 Å². The van der Waals surface area contributed by atoms with Gasteiger partial charge in [0, 0.05) is 30.1 Å². The molecule has 2 N–H and O–H groups in total. The summed E-state index contributed by atoms with van der Waals surface area (Å²) in [6.07, 6.45) is 6.60. The van der Waals surface area contributed by atoms with E-state index in [1.807, 2.05) is 48.5 Å². The van der Waals surface area contributed by atoms with E-state index in [1.165, 1.54) is 12.1 Å². The number of methoxy groups -OCH3 is 1. The topological polar surface area (TPSA) is 75.6 Å². The quantitative estimate of drug-likeness (QED) is 0.311. The normalized spacial score (nSPS) is 13.5. The average molecular weight is 519 g/mol. The number of rotatable bonds is 7. The molecule has 0 fully saturated rings. The molecule has 194 valence electrons. The number of aromatic nitrogens is 1. The summed E-state index contributed by atoms with van der Waals surface area (Å²) in [5, 5.41) is 6.36. The molecule has 5 rings (SSSR count). The van der Waals surface area contributed by atoms with Crippen LogP contribution < -0.4 is 15.4 Å². The predicted octanol–water partition coefficient (Wildman–Crippen LogP) is 5.62. The van der Waals surface area contributed by atoms with Crippen molar-refractivity contribution in [2.24, 2.45) is 4.99 Å². The molecule has 0 spiro atoms. The van der Waals surface area contributed by atoms with E-state index in [9.17, 15) is 9.18 Å². The largest absolute Gasteiger partial charge is 0.497 e. The van der Waals surface area contributed by atoms with Gasteiger partial charge in [-0.05, 0) is 78.6 Å². The van der Waals surface area contributed by atoms with Crippen molar-refractivity contribution in [3.8, 4) is 5.75 Å². The van der Waals surface area contributed by atoms with Gasteiger partial charge in [0.05, 0.1) is 24.1 Å². The van der Waals surface area contributed by atoms with E-state index in [1.54, 1.807) is 43.8 Å². The van der Waals surface area contributed by atoms with Gasteiger partial charge in [-0.15, -0.1) is 0 Å². The summed E-state index contributed by atoms with van der Waals surface area (Å²) in [5.74, 6) is 0.704. The Morgan fingerprint density at radius 3 is 2.82 bits per heavy atom. The highest BCUT2D eigenvalue weighted by Crippen LogP contribution is 2.26. The second-order valence-electron chi connectivity index (χ2n) is 8.93. The number of carbonyl (C=O) groups is 1. The highest BCUT2D eigenvalue weighted by atomic mass is 19.1. The molecule has 0 bridgehead atoms. The van der Waals surface area contributed by atoms with Crippen molar-refractivity contribution < 1.29 is 13.9 Å². The fourth-order valence-corrected chi connectivity index (χ4v) is 4.31. The van der Waals surface area contributed by atoms with E-state index in [-0.39, 0.29) is 11.7 Å². The third kappa shape index (κ3) is 6.29. The number of nitrogens with one attached hydrogen (secondary N) is 2. The molecule has 0 saturated heterocycles. The van der Waals surface area contributed by atoms with Crippen molar-refractivity contribution in [3.05, 3.63) is 137 Å². The lowest BCUT2D eigenvalue weighted by atomic mass is 10.0. The first-order valence-corrected chi connectivity index (χ1v) is 12.6. The zero-order chi connectivity index (χ0) is 27.0. The van der Waals surface area contributed by atoms with Gasteiger partial charge in [0.25, 0.3) is 5.91 Å². The van der Waals surface area contributed by atoms with Gasteiger partial charge in [-0.3, -0.25) is 9.78 Å². The van der Waals surface area contributed by atoms with Crippen LogP contribution in [0.4, 0.5) is 10.1 Å². The van der Waals surface area contributed by atoms with Crippen molar-refractivity contribution >= 4 is 23.1 Å². The summed E-state index contributed by atoms with van der Waals surface area (Å²) >= 11 is 0. The highest BCUT2D eigenvalue weighted by Gasteiger charge is 2.17. The monoisotopic (exact) mass is 518 g/mol. The summed E-state index contributed by atoms with van der Waals surface area (Å²) in [6, 6.07) is 23.2. The van der Waals surface area contributed by atoms with E-state index >= 15 is 0 Å². The summed E-state index contributed by atoms with van der Waals surface area (Å²) in [6.45, 7) is 0.365. The Hall–Kier alpha value is -5.00. The minimum Gasteiger partial charge on any atom is -0.497 e. The second-order valence-corrected chi connectivity index (χ2v) is 8.93. The Morgan fingerprint density at radius 1 is 1.10 bits per heavy atom. The Labute approximate surface area is 226 Å². The van der Waals surface area contributed by atoms with E-state index in [0.29, 0.717) is 47.9 Å². The van der Waals surface area contributed by atoms with Gasteiger partial charge in [0.2, 0.25) is 0 Å². The lowest BCUT2D eigenvalue weighted by molar-refractivity contribution is 0.0955. The predicted molar refractivity (Wildman–Crippen MR) is 151 cm³/mol. The van der Waals surface area contributed by atoms with Gasteiger partial charge in [-0.1, -0.05) is 36.1 Å². The lowest BCUT2D eigenvalue weighted by Gasteiger charge is -2.18. The SMILES string of the molecule is COc1ccc2c(c1)C(=Nc1ccccc1C(=O)NCCc1cccc(F)c1)NC(c1cccnc1)=C=CC2. The number of allylic oxidation sites excluding steroid dienone is 1. The van der Waals surface area contributed by atoms with Crippen molar-refractivity contribution in [1.29, 1.82) is 0 Å². The number of amidine groups is 1. The molecule has 1 aromatic heterocycles. The van der Waals surface area contributed by atoms with Crippen molar-refractivity contribution in [3.63, 3.8) is 0 Å². The average Bonchev–Trinajstić information content (AvgIpc) is 2.96. The van der Waals surface area contributed by atoms with Crippen LogP contribution in [0.5, 0.6) is 5.75 Å². The van der Waals surface area contributed by atoms with Crippen molar-refractivity contribution in [2.45, 2.75) is 12.8 Å². The number of aliphatic imine (C=N–C) groups is 1. The van der Waals surface area contributed by atoms with Crippen LogP contribution in [0.3, 0.4) is 0 Å². The smallest absolute Gasteiger partial charge is 0.253 e. The molecule has 0 radical (unpaired) electrons. The summed E-state index contributed by atoms with van der Waals surface area (Å²) in [7, 11) is 1.62. The van der Waals surface area contributed by atoms with Crippen LogP contribution in [0.15, 0.2) is 108 Å². The Balaban J connectivity index is 1.48. The third-order valence-electron chi connectivity index (χ3n) is 6.30. The van der Waals surface area contributed by atoms with E-state index in [2.05, 4.69) is 21.3 Å². The fraction of sp³-hybridized carbons (Fsp3) is 0.125. The van der Waals surface area contributed by atoms with Gasteiger partial charge in [0.1, 0.15) is 17.4 Å². The first-order chi connectivity index (χ1) is 19.1. The molecule has 3 aromatic carbocycles. The molecule has 6 nitrogen and oxygen atoms in total. The minimum atomic E-state index is -0.293. The van der Waals surface area contributed by atoms with Crippen LogP contribution in [0.1, 0.15) is 32.6 Å². The molecular weight excluding hydrogens is 491 g/mol. The third-order valence-corrected chi connectivity index (χ3v) is 6.30. The Kier molecular flexibility index (Phi) is 7.91. The number of amides is 1. The first-order valence-electron chi connectivity index (χ1n) is 12.6. The van der Waals surface area contributed by atoms with Crippen molar-refractivity contribution in [2.75, 3.05) is 13.7 Å². The number of para-hydroxylation sites is 1. The van der Waals surface area contributed by atoms with Crippen LogP contribution in [0.25, 0.3) is 5.70 Å². The van der Waals surface area contributed by atoms with Crippen molar-refractivity contribution in [1.82, 2.24) is 15.6 Å². The molecular formula is C32H27FN4O2. The van der Waals surface area contributed by atoms with Gasteiger partial charge in [-0.25, -0.2) is 9.38 Å². The van der Waals surface area contributed by atoms with Crippen LogP contribution in [-0.2, 0) is 12.8 Å².